The second kappa shape index (κ2) is 8.37. The summed E-state index contributed by atoms with van der Waals surface area (Å²) >= 11 is 0. The standard InChI is InChI=1S/C22H27N3O4S/c1-29-21-10-9-19(30(23,27)28)13-20(21)22(26)24-16-11-17-7-8-18(12-16)25(17)14-15-5-3-2-4-6-15/h2-6,9-10,13,16-18H,7-8,11-12,14H2,1H3,(H,24,26)(H2,23,27,28). The molecule has 2 aromatic carbocycles. The fraction of sp³-hybridized carbons (Fsp3) is 0.409. The smallest absolute Gasteiger partial charge is 0.255 e. The average Bonchev–Trinajstić information content (AvgIpc) is 2.95. The third-order valence-corrected chi connectivity index (χ3v) is 7.08. The van der Waals surface area contributed by atoms with E-state index in [1.807, 2.05) is 6.07 Å². The van der Waals surface area contributed by atoms with Crippen LogP contribution in [0.5, 0.6) is 5.75 Å². The van der Waals surface area contributed by atoms with Gasteiger partial charge in [0.1, 0.15) is 5.75 Å². The molecule has 0 saturated carbocycles. The molecule has 3 N–H and O–H groups in total. The highest BCUT2D eigenvalue weighted by atomic mass is 32.2. The molecule has 2 atom stereocenters. The lowest BCUT2D eigenvalue weighted by molar-refractivity contribution is 0.0825. The number of piperidine rings is 1. The number of carbonyl (C=O) groups is 1. The molecule has 8 heteroatoms. The van der Waals surface area contributed by atoms with Gasteiger partial charge in [-0.05, 0) is 49.4 Å². The highest BCUT2D eigenvalue weighted by Crippen LogP contribution is 2.37. The number of nitrogens with zero attached hydrogens (tertiary/aromatic N) is 1. The Hall–Kier alpha value is -2.42. The summed E-state index contributed by atoms with van der Waals surface area (Å²) in [6, 6.07) is 15.5. The van der Waals surface area contributed by atoms with Crippen LogP contribution in [0.15, 0.2) is 53.4 Å². The lowest BCUT2D eigenvalue weighted by Gasteiger charge is -2.39. The molecule has 0 spiro atoms. The van der Waals surface area contributed by atoms with Gasteiger partial charge in [0.2, 0.25) is 10.0 Å². The zero-order chi connectivity index (χ0) is 21.3. The SMILES string of the molecule is COc1ccc(S(N)(=O)=O)cc1C(=O)NC1CC2CCC(C1)N2Cc1ccccc1. The molecule has 1 amide bonds. The van der Waals surface area contributed by atoms with Crippen LogP contribution >= 0.6 is 0 Å². The number of methoxy groups -OCH3 is 1. The zero-order valence-electron chi connectivity index (χ0n) is 17.0. The van der Waals surface area contributed by atoms with E-state index in [-0.39, 0.29) is 22.4 Å². The maximum atomic E-state index is 12.9. The highest BCUT2D eigenvalue weighted by Gasteiger charge is 2.41. The summed E-state index contributed by atoms with van der Waals surface area (Å²) in [6.07, 6.45) is 4.03. The number of primary sulfonamides is 1. The fourth-order valence-electron chi connectivity index (χ4n) is 4.75. The third-order valence-electron chi connectivity index (χ3n) is 6.17. The number of rotatable bonds is 6. The summed E-state index contributed by atoms with van der Waals surface area (Å²) in [5.74, 6) is -0.0114. The van der Waals surface area contributed by atoms with Crippen molar-refractivity contribution in [2.75, 3.05) is 7.11 Å². The third kappa shape index (κ3) is 4.35. The maximum Gasteiger partial charge on any atom is 0.255 e. The number of hydrogen-bond donors (Lipinski definition) is 2. The van der Waals surface area contributed by atoms with E-state index in [9.17, 15) is 13.2 Å². The Balaban J connectivity index is 1.46. The Bertz CT molecular complexity index is 1010. The quantitative estimate of drug-likeness (QED) is 0.733. The number of fused-ring (bicyclic) bond motifs is 2. The van der Waals surface area contributed by atoms with Crippen LogP contribution in [0.2, 0.25) is 0 Å². The van der Waals surface area contributed by atoms with Crippen LogP contribution in [-0.2, 0) is 16.6 Å². The van der Waals surface area contributed by atoms with Gasteiger partial charge in [-0.3, -0.25) is 9.69 Å². The van der Waals surface area contributed by atoms with Crippen molar-refractivity contribution in [1.82, 2.24) is 10.2 Å². The average molecular weight is 430 g/mol. The van der Waals surface area contributed by atoms with Crippen molar-refractivity contribution in [3.05, 3.63) is 59.7 Å². The topological polar surface area (TPSA) is 102 Å². The molecule has 4 rings (SSSR count). The van der Waals surface area contributed by atoms with Gasteiger partial charge in [0.05, 0.1) is 17.6 Å². The van der Waals surface area contributed by atoms with E-state index in [1.165, 1.54) is 30.9 Å². The van der Waals surface area contributed by atoms with Crippen LogP contribution in [0.1, 0.15) is 41.6 Å². The molecular formula is C22H27N3O4S. The van der Waals surface area contributed by atoms with E-state index >= 15 is 0 Å². The van der Waals surface area contributed by atoms with E-state index in [1.54, 1.807) is 0 Å². The van der Waals surface area contributed by atoms with Crippen molar-refractivity contribution >= 4 is 15.9 Å². The minimum absolute atomic E-state index is 0.0462. The van der Waals surface area contributed by atoms with Crippen LogP contribution in [0.4, 0.5) is 0 Å². The van der Waals surface area contributed by atoms with Crippen molar-refractivity contribution in [3.8, 4) is 5.75 Å². The predicted octanol–water partition coefficient (Wildman–Crippen LogP) is 2.27. The van der Waals surface area contributed by atoms with Crippen molar-refractivity contribution in [1.29, 1.82) is 0 Å². The Labute approximate surface area is 177 Å². The summed E-state index contributed by atoms with van der Waals surface area (Å²) in [5, 5.41) is 8.31. The van der Waals surface area contributed by atoms with Crippen LogP contribution in [0.3, 0.4) is 0 Å². The molecule has 2 aliphatic heterocycles. The minimum atomic E-state index is -3.90. The Morgan fingerprint density at radius 3 is 2.40 bits per heavy atom. The van der Waals surface area contributed by atoms with Crippen molar-refractivity contribution in [3.63, 3.8) is 0 Å². The van der Waals surface area contributed by atoms with Crippen molar-refractivity contribution < 1.29 is 17.9 Å². The van der Waals surface area contributed by atoms with Crippen LogP contribution in [0.25, 0.3) is 0 Å². The predicted molar refractivity (Wildman–Crippen MR) is 114 cm³/mol. The van der Waals surface area contributed by atoms with Crippen molar-refractivity contribution in [2.45, 2.75) is 55.2 Å². The molecule has 7 nitrogen and oxygen atoms in total. The summed E-state index contributed by atoms with van der Waals surface area (Å²) < 4.78 is 28.6. The van der Waals surface area contributed by atoms with E-state index in [0.717, 1.165) is 32.2 Å². The Morgan fingerprint density at radius 1 is 1.13 bits per heavy atom. The first kappa shape index (κ1) is 20.8. The summed E-state index contributed by atoms with van der Waals surface area (Å²) in [4.78, 5) is 15.4. The molecule has 2 saturated heterocycles. The van der Waals surface area contributed by atoms with E-state index in [4.69, 9.17) is 9.88 Å². The lowest BCUT2D eigenvalue weighted by Crippen LogP contribution is -2.50. The number of ether oxygens (including phenoxy) is 1. The summed E-state index contributed by atoms with van der Waals surface area (Å²) in [7, 11) is -2.45. The first-order valence-electron chi connectivity index (χ1n) is 10.2. The second-order valence-corrected chi connectivity index (χ2v) is 9.65. The first-order valence-corrected chi connectivity index (χ1v) is 11.7. The molecule has 2 heterocycles. The largest absolute Gasteiger partial charge is 0.496 e. The molecule has 2 aliphatic rings. The van der Waals surface area contributed by atoms with Crippen molar-refractivity contribution in [2.24, 2.45) is 5.14 Å². The lowest BCUT2D eigenvalue weighted by atomic mass is 9.96. The molecule has 2 unspecified atom stereocenters. The van der Waals surface area contributed by atoms with Gasteiger partial charge >= 0.3 is 0 Å². The zero-order valence-corrected chi connectivity index (χ0v) is 17.8. The first-order chi connectivity index (χ1) is 14.3. The number of carbonyl (C=O) groups excluding carboxylic acids is 1. The number of benzene rings is 2. The van der Waals surface area contributed by atoms with Gasteiger partial charge in [0.15, 0.2) is 0 Å². The second-order valence-electron chi connectivity index (χ2n) is 8.09. The van der Waals surface area contributed by atoms with Gasteiger partial charge < -0.3 is 10.1 Å². The van der Waals surface area contributed by atoms with Crippen LogP contribution < -0.4 is 15.2 Å². The summed E-state index contributed by atoms with van der Waals surface area (Å²) in [6.45, 7) is 0.932. The van der Waals surface area contributed by atoms with E-state index < -0.39 is 10.0 Å². The van der Waals surface area contributed by atoms with Crippen LogP contribution in [0, 0.1) is 0 Å². The maximum absolute atomic E-state index is 12.9. The van der Waals surface area contributed by atoms with Gasteiger partial charge in [-0.1, -0.05) is 30.3 Å². The Morgan fingerprint density at radius 2 is 1.80 bits per heavy atom. The monoisotopic (exact) mass is 429 g/mol. The number of sulfonamides is 1. The molecule has 2 bridgehead atoms. The molecule has 0 radical (unpaired) electrons. The number of nitrogens with one attached hydrogen (secondary N) is 1. The molecule has 0 aromatic heterocycles. The van der Waals surface area contributed by atoms with E-state index in [0.29, 0.717) is 17.8 Å². The molecule has 2 fully saturated rings. The number of amides is 1. The minimum Gasteiger partial charge on any atom is -0.496 e. The van der Waals surface area contributed by atoms with Gasteiger partial charge in [-0.15, -0.1) is 0 Å². The normalized spacial score (nSPS) is 23.9. The fourth-order valence-corrected chi connectivity index (χ4v) is 5.29. The molecule has 160 valence electrons. The van der Waals surface area contributed by atoms with Gasteiger partial charge in [-0.2, -0.15) is 0 Å². The van der Waals surface area contributed by atoms with Crippen LogP contribution in [-0.4, -0.2) is 44.5 Å². The molecule has 2 aromatic rings. The summed E-state index contributed by atoms with van der Waals surface area (Å²) in [5.41, 5.74) is 1.49. The van der Waals surface area contributed by atoms with Gasteiger partial charge in [-0.25, -0.2) is 13.6 Å². The van der Waals surface area contributed by atoms with Gasteiger partial charge in [0, 0.05) is 24.7 Å². The van der Waals surface area contributed by atoms with E-state index in [2.05, 4.69) is 34.5 Å². The number of hydrogen-bond acceptors (Lipinski definition) is 5. The Kier molecular flexibility index (Phi) is 5.81. The van der Waals surface area contributed by atoms with Gasteiger partial charge in [0.25, 0.3) is 5.91 Å². The number of nitrogens with two attached hydrogens (primary N) is 1. The molecule has 0 aliphatic carbocycles. The molecule has 30 heavy (non-hydrogen) atoms. The molecular weight excluding hydrogens is 402 g/mol. The highest BCUT2D eigenvalue weighted by molar-refractivity contribution is 7.89.